The van der Waals surface area contributed by atoms with Crippen molar-refractivity contribution in [3.63, 3.8) is 0 Å². The Balaban J connectivity index is 1.46. The molecule has 2 aromatic rings. The maximum Gasteiger partial charge on any atom is 0.410 e. The largest absolute Gasteiger partial charge is 0.494 e. The summed E-state index contributed by atoms with van der Waals surface area (Å²) >= 11 is 0. The van der Waals surface area contributed by atoms with E-state index in [-0.39, 0.29) is 6.61 Å². The first-order chi connectivity index (χ1) is 13.2. The fourth-order valence-corrected chi connectivity index (χ4v) is 2.94. The quantitative estimate of drug-likeness (QED) is 0.757. The van der Waals surface area contributed by atoms with Crippen LogP contribution in [-0.2, 0) is 17.8 Å². The van der Waals surface area contributed by atoms with Crippen molar-refractivity contribution in [2.24, 2.45) is 0 Å². The number of nitrogens with zero attached hydrogens (tertiary/aromatic N) is 1. The minimum atomic E-state index is -0.412. The molecular weight excluding hydrogens is 347 g/mol. The lowest BCUT2D eigenvalue weighted by Gasteiger charge is -2.26. The predicted molar refractivity (Wildman–Crippen MR) is 101 cm³/mol. The van der Waals surface area contributed by atoms with Crippen LogP contribution < -0.4 is 10.1 Å². The molecule has 1 amide bonds. The first-order valence-corrected chi connectivity index (χ1v) is 9.30. The van der Waals surface area contributed by atoms with Crippen molar-refractivity contribution >= 4 is 6.09 Å². The molecule has 0 saturated carbocycles. The van der Waals surface area contributed by atoms with Gasteiger partial charge < -0.3 is 19.7 Å². The van der Waals surface area contributed by atoms with E-state index in [2.05, 4.69) is 17.4 Å². The van der Waals surface area contributed by atoms with Gasteiger partial charge in [-0.25, -0.2) is 9.18 Å². The second-order valence-corrected chi connectivity index (χ2v) is 6.48. The van der Waals surface area contributed by atoms with Crippen molar-refractivity contribution in [1.29, 1.82) is 0 Å². The lowest BCUT2D eigenvalue weighted by atomic mass is 10.1. The fraction of sp³-hybridized carbons (Fsp3) is 0.381. The molecule has 0 spiro atoms. The van der Waals surface area contributed by atoms with Gasteiger partial charge in [0.15, 0.2) is 0 Å². The third kappa shape index (κ3) is 5.96. The Kier molecular flexibility index (Phi) is 7.04. The number of amides is 1. The molecule has 0 aliphatic carbocycles. The SMILES string of the molecule is O=C(OCc1cc(OCCCc2ccccc2)ccc1F)N1CCNCC1. The third-order valence-electron chi connectivity index (χ3n) is 4.46. The molecule has 5 nitrogen and oxygen atoms in total. The number of rotatable bonds is 7. The highest BCUT2D eigenvalue weighted by Gasteiger charge is 2.18. The number of carbonyl (C=O) groups is 1. The molecule has 0 aromatic heterocycles. The van der Waals surface area contributed by atoms with E-state index in [1.165, 1.54) is 11.6 Å². The maximum absolute atomic E-state index is 14.0. The van der Waals surface area contributed by atoms with E-state index in [4.69, 9.17) is 9.47 Å². The van der Waals surface area contributed by atoms with E-state index >= 15 is 0 Å². The molecule has 1 N–H and O–H groups in total. The number of hydrogen-bond acceptors (Lipinski definition) is 4. The molecule has 0 bridgehead atoms. The van der Waals surface area contributed by atoms with E-state index in [0.29, 0.717) is 31.0 Å². The normalized spacial score (nSPS) is 14.0. The van der Waals surface area contributed by atoms with Crippen LogP contribution in [-0.4, -0.2) is 43.8 Å². The molecule has 1 aliphatic heterocycles. The highest BCUT2D eigenvalue weighted by atomic mass is 19.1. The number of halogens is 1. The van der Waals surface area contributed by atoms with E-state index in [0.717, 1.165) is 25.9 Å². The van der Waals surface area contributed by atoms with Gasteiger partial charge in [-0.15, -0.1) is 0 Å². The summed E-state index contributed by atoms with van der Waals surface area (Å²) in [4.78, 5) is 13.7. The van der Waals surface area contributed by atoms with Crippen molar-refractivity contribution in [2.75, 3.05) is 32.8 Å². The number of carbonyl (C=O) groups excluding carboxylic acids is 1. The zero-order valence-electron chi connectivity index (χ0n) is 15.3. The molecule has 1 heterocycles. The standard InChI is InChI=1S/C21H25FN2O3/c22-20-9-8-19(26-14-4-7-17-5-2-1-3-6-17)15-18(20)16-27-21(25)24-12-10-23-11-13-24/h1-3,5-6,8-9,15,23H,4,7,10-14,16H2. The van der Waals surface area contributed by atoms with Gasteiger partial charge in [0, 0.05) is 31.7 Å². The molecule has 1 fully saturated rings. The zero-order valence-corrected chi connectivity index (χ0v) is 15.3. The molecule has 3 rings (SSSR count). The number of nitrogens with one attached hydrogen (secondary N) is 1. The van der Waals surface area contributed by atoms with Gasteiger partial charge in [0.05, 0.1) is 6.61 Å². The highest BCUT2D eigenvalue weighted by molar-refractivity contribution is 5.67. The van der Waals surface area contributed by atoms with Crippen LogP contribution >= 0.6 is 0 Å². The van der Waals surface area contributed by atoms with Crippen molar-refractivity contribution in [3.05, 3.63) is 65.5 Å². The minimum Gasteiger partial charge on any atom is -0.494 e. The Morgan fingerprint density at radius 3 is 2.67 bits per heavy atom. The average Bonchev–Trinajstić information content (AvgIpc) is 2.72. The summed E-state index contributed by atoms with van der Waals surface area (Å²) in [7, 11) is 0. The van der Waals surface area contributed by atoms with Gasteiger partial charge in [0.25, 0.3) is 0 Å². The summed E-state index contributed by atoms with van der Waals surface area (Å²) in [5.74, 6) is 0.178. The van der Waals surface area contributed by atoms with Crippen molar-refractivity contribution in [2.45, 2.75) is 19.4 Å². The maximum atomic E-state index is 14.0. The first-order valence-electron chi connectivity index (χ1n) is 9.30. The Bertz CT molecular complexity index is 733. The third-order valence-corrected chi connectivity index (χ3v) is 4.46. The number of ether oxygens (including phenoxy) is 2. The van der Waals surface area contributed by atoms with Gasteiger partial charge in [-0.1, -0.05) is 30.3 Å². The molecule has 144 valence electrons. The van der Waals surface area contributed by atoms with Crippen molar-refractivity contribution in [1.82, 2.24) is 10.2 Å². The van der Waals surface area contributed by atoms with E-state index in [9.17, 15) is 9.18 Å². The van der Waals surface area contributed by atoms with Crippen LogP contribution in [0.25, 0.3) is 0 Å². The molecule has 0 radical (unpaired) electrons. The molecule has 1 saturated heterocycles. The van der Waals surface area contributed by atoms with Crippen LogP contribution in [0.5, 0.6) is 5.75 Å². The minimum absolute atomic E-state index is 0.101. The predicted octanol–water partition coefficient (Wildman–Crippen LogP) is 3.38. The van der Waals surface area contributed by atoms with Gasteiger partial charge in [-0.05, 0) is 36.6 Å². The van der Waals surface area contributed by atoms with Crippen LogP contribution in [0.1, 0.15) is 17.5 Å². The van der Waals surface area contributed by atoms with E-state index in [1.807, 2.05) is 18.2 Å². The van der Waals surface area contributed by atoms with Gasteiger partial charge in [-0.3, -0.25) is 0 Å². The number of benzene rings is 2. The topological polar surface area (TPSA) is 50.8 Å². The van der Waals surface area contributed by atoms with E-state index in [1.54, 1.807) is 17.0 Å². The molecule has 6 heteroatoms. The lowest BCUT2D eigenvalue weighted by molar-refractivity contribution is 0.0909. The Hall–Kier alpha value is -2.60. The second kappa shape index (κ2) is 9.92. The van der Waals surface area contributed by atoms with Gasteiger partial charge in [0.1, 0.15) is 18.2 Å². The molecule has 0 unspecified atom stereocenters. The summed E-state index contributed by atoms with van der Waals surface area (Å²) < 4.78 is 25.0. The first kappa shape index (κ1) is 19.2. The fourth-order valence-electron chi connectivity index (χ4n) is 2.94. The summed E-state index contributed by atoms with van der Waals surface area (Å²) in [5.41, 5.74) is 1.58. The van der Waals surface area contributed by atoms with Gasteiger partial charge in [-0.2, -0.15) is 0 Å². The highest BCUT2D eigenvalue weighted by Crippen LogP contribution is 2.19. The molecule has 1 aliphatic rings. The van der Waals surface area contributed by atoms with Crippen LogP contribution in [0, 0.1) is 5.82 Å². The van der Waals surface area contributed by atoms with E-state index < -0.39 is 11.9 Å². The van der Waals surface area contributed by atoms with Crippen LogP contribution in [0.4, 0.5) is 9.18 Å². The van der Waals surface area contributed by atoms with Crippen molar-refractivity contribution < 1.29 is 18.7 Å². The number of aryl methyl sites for hydroxylation is 1. The number of hydrogen-bond donors (Lipinski definition) is 1. The number of piperazine rings is 1. The van der Waals surface area contributed by atoms with Crippen LogP contribution in [0.15, 0.2) is 48.5 Å². The molecular formula is C21H25FN2O3. The van der Waals surface area contributed by atoms with Crippen molar-refractivity contribution in [3.8, 4) is 5.75 Å². The molecule has 27 heavy (non-hydrogen) atoms. The molecule has 2 aromatic carbocycles. The summed E-state index contributed by atoms with van der Waals surface area (Å²) in [6.45, 7) is 3.14. The Labute approximate surface area is 159 Å². The summed E-state index contributed by atoms with van der Waals surface area (Å²) in [5, 5.41) is 3.17. The second-order valence-electron chi connectivity index (χ2n) is 6.48. The monoisotopic (exact) mass is 372 g/mol. The zero-order chi connectivity index (χ0) is 18.9. The average molecular weight is 372 g/mol. The van der Waals surface area contributed by atoms with Crippen LogP contribution in [0.2, 0.25) is 0 Å². The summed E-state index contributed by atoms with van der Waals surface area (Å²) in [6.07, 6.45) is 1.39. The Morgan fingerprint density at radius 2 is 1.89 bits per heavy atom. The summed E-state index contributed by atoms with van der Waals surface area (Å²) in [6, 6.07) is 14.7. The van der Waals surface area contributed by atoms with Crippen LogP contribution in [0.3, 0.4) is 0 Å². The smallest absolute Gasteiger partial charge is 0.410 e. The van der Waals surface area contributed by atoms with Gasteiger partial charge in [0.2, 0.25) is 0 Å². The Morgan fingerprint density at radius 1 is 1.11 bits per heavy atom. The molecule has 0 atom stereocenters. The lowest BCUT2D eigenvalue weighted by Crippen LogP contribution is -2.46. The van der Waals surface area contributed by atoms with Gasteiger partial charge >= 0.3 is 6.09 Å².